The number of hydrogen-bond acceptors (Lipinski definition) is 5. The normalized spacial score (nSPS) is 11.1. The van der Waals surface area contributed by atoms with Gasteiger partial charge in [0.1, 0.15) is 0 Å². The number of para-hydroxylation sites is 1. The number of sulfonamides is 1. The van der Waals surface area contributed by atoms with E-state index in [1.54, 1.807) is 25.1 Å². The maximum absolute atomic E-state index is 12.8. The van der Waals surface area contributed by atoms with Gasteiger partial charge in [-0.25, -0.2) is 13.2 Å². The zero-order valence-electron chi connectivity index (χ0n) is 19.6. The number of anilines is 2. The summed E-state index contributed by atoms with van der Waals surface area (Å²) in [6.45, 7) is 6.91. The van der Waals surface area contributed by atoms with Crippen LogP contribution in [0, 0.1) is 20.8 Å². The van der Waals surface area contributed by atoms with E-state index in [0.717, 1.165) is 23.1 Å². The van der Waals surface area contributed by atoms with Gasteiger partial charge >= 0.3 is 5.97 Å². The Morgan fingerprint density at radius 2 is 1.65 bits per heavy atom. The van der Waals surface area contributed by atoms with Crippen molar-refractivity contribution in [1.82, 2.24) is 0 Å². The molecule has 1 amide bonds. The van der Waals surface area contributed by atoms with Gasteiger partial charge in [0.05, 0.1) is 10.5 Å². The van der Waals surface area contributed by atoms with Gasteiger partial charge in [-0.3, -0.25) is 9.52 Å². The minimum atomic E-state index is -3.92. The van der Waals surface area contributed by atoms with Crippen molar-refractivity contribution in [2.45, 2.75) is 39.0 Å². The monoisotopic (exact) mass is 480 g/mol. The third kappa shape index (κ3) is 6.02. The fourth-order valence-corrected chi connectivity index (χ4v) is 4.57. The van der Waals surface area contributed by atoms with E-state index in [1.165, 1.54) is 18.2 Å². The predicted octanol–water partition coefficient (Wildman–Crippen LogP) is 4.77. The van der Waals surface area contributed by atoms with Crippen LogP contribution in [0.1, 0.15) is 39.5 Å². The largest absolute Gasteiger partial charge is 0.452 e. The first-order valence-corrected chi connectivity index (χ1v) is 12.3. The first-order chi connectivity index (χ1) is 16.1. The molecule has 0 bridgehead atoms. The highest BCUT2D eigenvalue weighted by atomic mass is 32.2. The third-order valence-electron chi connectivity index (χ3n) is 5.35. The molecular formula is C26H28N2O5S. The highest BCUT2D eigenvalue weighted by Gasteiger charge is 2.20. The molecule has 0 radical (unpaired) electrons. The Morgan fingerprint density at radius 1 is 0.912 bits per heavy atom. The average Bonchev–Trinajstić information content (AvgIpc) is 2.78. The van der Waals surface area contributed by atoms with Crippen LogP contribution in [0.15, 0.2) is 65.6 Å². The first kappa shape index (κ1) is 25.0. The maximum atomic E-state index is 12.8. The highest BCUT2D eigenvalue weighted by Crippen LogP contribution is 2.22. The van der Waals surface area contributed by atoms with Crippen LogP contribution < -0.4 is 10.0 Å². The quantitative estimate of drug-likeness (QED) is 0.452. The molecule has 178 valence electrons. The van der Waals surface area contributed by atoms with E-state index in [2.05, 4.69) is 10.0 Å². The van der Waals surface area contributed by atoms with Gasteiger partial charge < -0.3 is 10.1 Å². The Balaban J connectivity index is 1.72. The standard InChI is InChI=1S/C26H28N2O5S/c1-5-20-10-7-9-19(4)25(20)27-24(29)16-33-26(30)23-15-22(13-12-18(23)3)34(31,32)28-21-11-6-8-17(2)14-21/h6-15,28H,5,16H2,1-4H3,(H,27,29). The zero-order chi connectivity index (χ0) is 24.9. The lowest BCUT2D eigenvalue weighted by molar-refractivity contribution is -0.119. The molecular weight excluding hydrogens is 452 g/mol. The number of carbonyl (C=O) groups excluding carboxylic acids is 2. The molecule has 34 heavy (non-hydrogen) atoms. The van der Waals surface area contributed by atoms with Crippen LogP contribution in [0.2, 0.25) is 0 Å². The topological polar surface area (TPSA) is 102 Å². The molecule has 0 heterocycles. The number of hydrogen-bond donors (Lipinski definition) is 2. The van der Waals surface area contributed by atoms with E-state index in [1.807, 2.05) is 45.0 Å². The average molecular weight is 481 g/mol. The summed E-state index contributed by atoms with van der Waals surface area (Å²) in [6.07, 6.45) is 0.744. The Bertz CT molecular complexity index is 1330. The van der Waals surface area contributed by atoms with Crippen LogP contribution in [0.4, 0.5) is 11.4 Å². The van der Waals surface area contributed by atoms with Gasteiger partial charge in [-0.05, 0) is 73.7 Å². The molecule has 2 N–H and O–H groups in total. The number of carbonyl (C=O) groups is 2. The third-order valence-corrected chi connectivity index (χ3v) is 6.73. The molecule has 0 fully saturated rings. The van der Waals surface area contributed by atoms with Crippen molar-refractivity contribution in [1.29, 1.82) is 0 Å². The van der Waals surface area contributed by atoms with Crippen LogP contribution in [0.3, 0.4) is 0 Å². The van der Waals surface area contributed by atoms with Gasteiger partial charge in [0.2, 0.25) is 0 Å². The number of ether oxygens (including phenoxy) is 1. The van der Waals surface area contributed by atoms with Crippen molar-refractivity contribution in [3.05, 3.63) is 88.5 Å². The molecule has 0 atom stereocenters. The summed E-state index contributed by atoms with van der Waals surface area (Å²) in [6, 6.07) is 16.9. The van der Waals surface area contributed by atoms with Crippen molar-refractivity contribution in [2.24, 2.45) is 0 Å². The summed E-state index contributed by atoms with van der Waals surface area (Å²) in [5.74, 6) is -1.25. The molecule has 0 aliphatic heterocycles. The summed E-state index contributed by atoms with van der Waals surface area (Å²) in [7, 11) is -3.92. The van der Waals surface area contributed by atoms with Crippen LogP contribution >= 0.6 is 0 Å². The molecule has 8 heteroatoms. The molecule has 7 nitrogen and oxygen atoms in total. The van der Waals surface area contributed by atoms with Gasteiger partial charge in [0, 0.05) is 11.4 Å². The van der Waals surface area contributed by atoms with Crippen molar-refractivity contribution < 1.29 is 22.7 Å². The van der Waals surface area contributed by atoms with E-state index in [4.69, 9.17) is 4.74 Å². The highest BCUT2D eigenvalue weighted by molar-refractivity contribution is 7.92. The molecule has 0 aliphatic rings. The second-order valence-corrected chi connectivity index (χ2v) is 9.72. The molecule has 3 aromatic rings. The number of benzene rings is 3. The fourth-order valence-electron chi connectivity index (χ4n) is 3.50. The van der Waals surface area contributed by atoms with E-state index in [-0.39, 0.29) is 10.5 Å². The van der Waals surface area contributed by atoms with Gasteiger partial charge in [-0.2, -0.15) is 0 Å². The number of amides is 1. The van der Waals surface area contributed by atoms with Crippen molar-refractivity contribution in [3.63, 3.8) is 0 Å². The van der Waals surface area contributed by atoms with E-state index < -0.39 is 28.5 Å². The lowest BCUT2D eigenvalue weighted by Gasteiger charge is -2.14. The molecule has 0 aliphatic carbocycles. The van der Waals surface area contributed by atoms with Gasteiger partial charge in [0.15, 0.2) is 6.61 Å². The first-order valence-electron chi connectivity index (χ1n) is 10.9. The lowest BCUT2D eigenvalue weighted by Crippen LogP contribution is -2.22. The Kier molecular flexibility index (Phi) is 7.73. The van der Waals surface area contributed by atoms with E-state index in [9.17, 15) is 18.0 Å². The second-order valence-electron chi connectivity index (χ2n) is 8.04. The van der Waals surface area contributed by atoms with Crippen molar-refractivity contribution in [3.8, 4) is 0 Å². The molecule has 3 rings (SSSR count). The molecule has 0 saturated heterocycles. The maximum Gasteiger partial charge on any atom is 0.338 e. The zero-order valence-corrected chi connectivity index (χ0v) is 20.5. The molecule has 0 unspecified atom stereocenters. The SMILES string of the molecule is CCc1cccc(C)c1NC(=O)COC(=O)c1cc(S(=O)(=O)Nc2cccc(C)c2)ccc1C. The Labute approximate surface area is 200 Å². The fraction of sp³-hybridized carbons (Fsp3) is 0.231. The van der Waals surface area contributed by atoms with Gasteiger partial charge in [-0.1, -0.05) is 43.3 Å². The molecule has 3 aromatic carbocycles. The summed E-state index contributed by atoms with van der Waals surface area (Å²) in [5, 5.41) is 2.80. The molecule has 0 spiro atoms. The summed E-state index contributed by atoms with van der Waals surface area (Å²) < 4.78 is 33.4. The lowest BCUT2D eigenvalue weighted by atomic mass is 10.1. The predicted molar refractivity (Wildman–Crippen MR) is 133 cm³/mol. The Hall–Kier alpha value is -3.65. The summed E-state index contributed by atoms with van der Waals surface area (Å²) >= 11 is 0. The minimum Gasteiger partial charge on any atom is -0.452 e. The van der Waals surface area contributed by atoms with E-state index >= 15 is 0 Å². The number of aryl methyl sites for hydroxylation is 4. The van der Waals surface area contributed by atoms with Crippen LogP contribution in [0.5, 0.6) is 0 Å². The Morgan fingerprint density at radius 3 is 2.35 bits per heavy atom. The second kappa shape index (κ2) is 10.5. The summed E-state index contributed by atoms with van der Waals surface area (Å²) in [4.78, 5) is 25.0. The van der Waals surface area contributed by atoms with Gasteiger partial charge in [0.25, 0.3) is 15.9 Å². The van der Waals surface area contributed by atoms with E-state index in [0.29, 0.717) is 16.9 Å². The van der Waals surface area contributed by atoms with Crippen LogP contribution in [0.25, 0.3) is 0 Å². The van der Waals surface area contributed by atoms with Crippen LogP contribution in [-0.4, -0.2) is 26.9 Å². The summed E-state index contributed by atoms with van der Waals surface area (Å²) in [5.41, 5.74) is 4.53. The van der Waals surface area contributed by atoms with Crippen LogP contribution in [-0.2, 0) is 26.0 Å². The molecule has 0 saturated carbocycles. The van der Waals surface area contributed by atoms with Crippen molar-refractivity contribution >= 4 is 33.3 Å². The number of nitrogens with one attached hydrogen (secondary N) is 2. The smallest absolute Gasteiger partial charge is 0.338 e. The minimum absolute atomic E-state index is 0.0741. The van der Waals surface area contributed by atoms with Crippen molar-refractivity contribution in [2.75, 3.05) is 16.6 Å². The number of rotatable bonds is 8. The van der Waals surface area contributed by atoms with Gasteiger partial charge in [-0.15, -0.1) is 0 Å². The molecule has 0 aromatic heterocycles. The number of esters is 1.